The van der Waals surface area contributed by atoms with Gasteiger partial charge in [-0.15, -0.1) is 0 Å². The van der Waals surface area contributed by atoms with Crippen LogP contribution in [0.15, 0.2) is 48.5 Å². The van der Waals surface area contributed by atoms with Crippen LogP contribution in [0.5, 0.6) is 11.5 Å². The highest BCUT2D eigenvalue weighted by Crippen LogP contribution is 2.47. The van der Waals surface area contributed by atoms with E-state index >= 15 is 0 Å². The Balaban J connectivity index is 1.59. The first-order valence-corrected chi connectivity index (χ1v) is 16.8. The van der Waals surface area contributed by atoms with Gasteiger partial charge in [-0.25, -0.2) is 0 Å². The topological polar surface area (TPSA) is 69.9 Å². The Labute approximate surface area is 272 Å². The van der Waals surface area contributed by atoms with Crippen molar-refractivity contribution in [2.24, 2.45) is 22.2 Å². The number of aryl methyl sites for hydroxylation is 1. The van der Waals surface area contributed by atoms with E-state index in [1.165, 1.54) is 0 Å². The first-order valence-electron chi connectivity index (χ1n) is 16.8. The van der Waals surface area contributed by atoms with Crippen LogP contribution in [-0.2, 0) is 16.1 Å². The van der Waals surface area contributed by atoms with Crippen LogP contribution in [0.2, 0.25) is 0 Å². The molecule has 45 heavy (non-hydrogen) atoms. The van der Waals surface area contributed by atoms with E-state index in [1.807, 2.05) is 31.2 Å². The summed E-state index contributed by atoms with van der Waals surface area (Å²) in [5.41, 5.74) is 2.56. The van der Waals surface area contributed by atoms with Crippen LogP contribution in [0.1, 0.15) is 101 Å². The fraction of sp³-hybridized carbons (Fsp3) is 0.615. The zero-order valence-electron chi connectivity index (χ0n) is 29.7. The van der Waals surface area contributed by atoms with Gasteiger partial charge in [0.2, 0.25) is 0 Å². The number of fused-ring (bicyclic) bond motifs is 1. The van der Waals surface area contributed by atoms with Crippen molar-refractivity contribution < 1.29 is 24.1 Å². The third-order valence-corrected chi connectivity index (χ3v) is 9.02. The number of aromatic nitrogens is 1. The highest BCUT2D eigenvalue weighted by atomic mass is 16.5. The van der Waals surface area contributed by atoms with Crippen molar-refractivity contribution in [2.75, 3.05) is 20.3 Å². The molecule has 1 N–H and O–H groups in total. The molecule has 0 radical (unpaired) electrons. The molecule has 2 aromatic carbocycles. The smallest absolute Gasteiger partial charge is 0.312 e. The number of rotatable bonds is 16. The van der Waals surface area contributed by atoms with Crippen molar-refractivity contribution in [3.05, 3.63) is 48.5 Å². The molecule has 0 saturated carbocycles. The lowest BCUT2D eigenvalue weighted by molar-refractivity contribution is -0.165. The van der Waals surface area contributed by atoms with Gasteiger partial charge in [0.25, 0.3) is 0 Å². The molecule has 3 aromatic rings. The molecule has 3 rings (SSSR count). The first-order chi connectivity index (χ1) is 21.1. The van der Waals surface area contributed by atoms with Crippen LogP contribution in [0.4, 0.5) is 0 Å². The Kier molecular flexibility index (Phi) is 12.6. The monoisotopic (exact) mass is 621 g/mol. The fourth-order valence-corrected chi connectivity index (χ4v) is 6.09. The van der Waals surface area contributed by atoms with Crippen molar-refractivity contribution in [3.63, 3.8) is 0 Å². The zero-order valence-corrected chi connectivity index (χ0v) is 29.7. The lowest BCUT2D eigenvalue weighted by atomic mass is 9.61. The number of carbonyl (C=O) groups is 1. The summed E-state index contributed by atoms with van der Waals surface area (Å²) in [5.74, 6) is 2.11. The number of aliphatic hydroxyl groups is 1. The van der Waals surface area contributed by atoms with Crippen molar-refractivity contribution in [2.45, 2.75) is 113 Å². The Morgan fingerprint density at radius 2 is 1.62 bits per heavy atom. The molecule has 1 heterocycles. The normalized spacial score (nSPS) is 14.4. The predicted octanol–water partition coefficient (Wildman–Crippen LogP) is 9.69. The van der Waals surface area contributed by atoms with Crippen LogP contribution in [0, 0.1) is 22.2 Å². The van der Waals surface area contributed by atoms with Crippen molar-refractivity contribution >= 4 is 16.9 Å². The van der Waals surface area contributed by atoms with Crippen LogP contribution in [0.3, 0.4) is 0 Å². The zero-order chi connectivity index (χ0) is 33.4. The van der Waals surface area contributed by atoms with Crippen molar-refractivity contribution in [3.8, 4) is 22.8 Å². The van der Waals surface area contributed by atoms with E-state index in [0.717, 1.165) is 65.9 Å². The van der Waals surface area contributed by atoms with Gasteiger partial charge in [-0.1, -0.05) is 67.5 Å². The lowest BCUT2D eigenvalue weighted by Gasteiger charge is -2.43. The van der Waals surface area contributed by atoms with E-state index in [9.17, 15) is 9.90 Å². The van der Waals surface area contributed by atoms with E-state index in [-0.39, 0.29) is 23.4 Å². The molecular formula is C39H59NO5. The molecule has 6 heteroatoms. The number of hydrogen-bond donors (Lipinski definition) is 1. The number of hydrogen-bond acceptors (Lipinski definition) is 5. The fourth-order valence-electron chi connectivity index (χ4n) is 6.09. The minimum atomic E-state index is -0.598. The summed E-state index contributed by atoms with van der Waals surface area (Å²) in [6.07, 6.45) is 4.44. The quantitative estimate of drug-likeness (QED) is 0.127. The van der Waals surface area contributed by atoms with Crippen LogP contribution in [-0.4, -0.2) is 42.1 Å². The first kappa shape index (κ1) is 36.5. The SMILES string of the molecule is COc1ccccc1-c1cc2ccc(OCC(O)CCCCOC(=O)C(C)(CC(C)(C)C)C(C)(C)C)cc2n1CCCC(C)C. The third-order valence-electron chi connectivity index (χ3n) is 9.02. The number of carbonyl (C=O) groups excluding carboxylic acids is 1. The molecule has 0 amide bonds. The number of unbranched alkanes of at least 4 members (excludes halogenated alkanes) is 1. The molecule has 0 aliphatic rings. The summed E-state index contributed by atoms with van der Waals surface area (Å²) in [5, 5.41) is 11.8. The van der Waals surface area contributed by atoms with Gasteiger partial charge in [0.05, 0.1) is 36.4 Å². The molecule has 1 aromatic heterocycles. The summed E-state index contributed by atoms with van der Waals surface area (Å²) >= 11 is 0. The number of aliphatic hydroxyl groups excluding tert-OH is 1. The second-order valence-electron chi connectivity index (χ2n) is 15.6. The molecule has 0 fully saturated rings. The number of benzene rings is 2. The minimum absolute atomic E-state index is 0.0181. The Bertz CT molecular complexity index is 1380. The molecule has 2 atom stereocenters. The largest absolute Gasteiger partial charge is 0.496 e. The van der Waals surface area contributed by atoms with E-state index in [4.69, 9.17) is 14.2 Å². The maximum absolute atomic E-state index is 13.2. The van der Waals surface area contributed by atoms with Gasteiger partial charge in [0.1, 0.15) is 18.1 Å². The second kappa shape index (κ2) is 15.5. The standard InChI is InChI=1S/C39H59NO5/c1-28(2)16-15-22-40-33-25-31(21-20-29(33)24-34(40)32-18-11-12-19-35(32)43-10)45-26-30(41)17-13-14-23-44-36(42)39(9,38(6,7)8)27-37(3,4)5/h11-12,18-21,24-25,28,30,41H,13-17,22-23,26-27H2,1-10H3. The molecule has 0 spiro atoms. The molecule has 0 saturated heterocycles. The second-order valence-corrected chi connectivity index (χ2v) is 15.6. The molecule has 0 aliphatic heterocycles. The van der Waals surface area contributed by atoms with Gasteiger partial charge < -0.3 is 23.9 Å². The average molecular weight is 622 g/mol. The van der Waals surface area contributed by atoms with Gasteiger partial charge >= 0.3 is 5.97 Å². The summed E-state index contributed by atoms with van der Waals surface area (Å²) < 4.78 is 19.9. The third kappa shape index (κ3) is 10.00. The Morgan fingerprint density at radius 3 is 2.27 bits per heavy atom. The van der Waals surface area contributed by atoms with Crippen molar-refractivity contribution in [1.82, 2.24) is 4.57 Å². The van der Waals surface area contributed by atoms with E-state index in [2.05, 4.69) is 84.2 Å². The minimum Gasteiger partial charge on any atom is -0.496 e. The summed E-state index contributed by atoms with van der Waals surface area (Å²) in [6, 6.07) is 16.5. The molecule has 0 aliphatic carbocycles. The number of ether oxygens (including phenoxy) is 3. The summed E-state index contributed by atoms with van der Waals surface area (Å²) in [6.45, 7) is 20.8. The maximum atomic E-state index is 13.2. The number of methoxy groups -OCH3 is 1. The molecule has 0 bridgehead atoms. The van der Waals surface area contributed by atoms with Crippen LogP contribution in [0.25, 0.3) is 22.2 Å². The van der Waals surface area contributed by atoms with Crippen LogP contribution < -0.4 is 9.47 Å². The Hall–Kier alpha value is -2.99. The summed E-state index contributed by atoms with van der Waals surface area (Å²) in [7, 11) is 1.71. The number of nitrogens with zero attached hydrogens (tertiary/aromatic N) is 1. The van der Waals surface area contributed by atoms with E-state index < -0.39 is 11.5 Å². The number of para-hydroxylation sites is 1. The van der Waals surface area contributed by atoms with Gasteiger partial charge in [-0.2, -0.15) is 0 Å². The molecule has 6 nitrogen and oxygen atoms in total. The highest BCUT2D eigenvalue weighted by molar-refractivity contribution is 5.89. The number of esters is 1. The molecule has 2 unspecified atom stereocenters. The molecule has 250 valence electrons. The molecular weight excluding hydrogens is 562 g/mol. The maximum Gasteiger partial charge on any atom is 0.312 e. The van der Waals surface area contributed by atoms with Gasteiger partial charge in [-0.3, -0.25) is 4.79 Å². The summed E-state index contributed by atoms with van der Waals surface area (Å²) in [4.78, 5) is 13.2. The Morgan fingerprint density at radius 1 is 0.911 bits per heavy atom. The lowest BCUT2D eigenvalue weighted by Crippen LogP contribution is -2.44. The highest BCUT2D eigenvalue weighted by Gasteiger charge is 2.47. The van der Waals surface area contributed by atoms with E-state index in [0.29, 0.717) is 25.4 Å². The van der Waals surface area contributed by atoms with Crippen LogP contribution >= 0.6 is 0 Å². The average Bonchev–Trinajstić information content (AvgIpc) is 3.31. The van der Waals surface area contributed by atoms with Gasteiger partial charge in [0, 0.05) is 23.6 Å². The van der Waals surface area contributed by atoms with Gasteiger partial charge in [0.15, 0.2) is 0 Å². The van der Waals surface area contributed by atoms with Crippen molar-refractivity contribution in [1.29, 1.82) is 0 Å². The van der Waals surface area contributed by atoms with Gasteiger partial charge in [-0.05, 0) is 92.5 Å². The predicted molar refractivity (Wildman–Crippen MR) is 186 cm³/mol. The van der Waals surface area contributed by atoms with E-state index in [1.54, 1.807) is 7.11 Å².